The molecule has 5 rings (SSSR count). The number of carbonyl (C=O) groups is 3. The van der Waals surface area contributed by atoms with Crippen LogP contribution in [0.2, 0.25) is 0 Å². The molecule has 0 spiro atoms. The van der Waals surface area contributed by atoms with E-state index in [1.165, 1.54) is 6.33 Å². The fraction of sp³-hybridized carbons (Fsp3) is 0.320. The Kier molecular flexibility index (Phi) is 6.17. The van der Waals surface area contributed by atoms with Crippen molar-refractivity contribution in [1.82, 2.24) is 25.0 Å². The maximum atomic E-state index is 13.0. The Balaban J connectivity index is 1.22. The lowest BCUT2D eigenvalue weighted by molar-refractivity contribution is -0.140. The molecular formula is C25H25N5O5. The quantitative estimate of drug-likeness (QED) is 0.512. The van der Waals surface area contributed by atoms with Crippen molar-refractivity contribution in [3.63, 3.8) is 0 Å². The van der Waals surface area contributed by atoms with Gasteiger partial charge in [-0.25, -0.2) is 14.5 Å². The standard InChI is InChI=1S/C25H25N5O5/c31-23(32)10-9-22(24(33)29-11-16(12-29)30-15-26-14-27-30)28-25(34)35-13-21-19-7-3-1-5-17(19)18-6-2-4-8-20(18)21/h1-8,14-16,21-22H,9-13H2,(H,28,34)(H,31,32). The summed E-state index contributed by atoms with van der Waals surface area (Å²) < 4.78 is 7.22. The highest BCUT2D eigenvalue weighted by Crippen LogP contribution is 2.44. The van der Waals surface area contributed by atoms with Crippen LogP contribution in [0.15, 0.2) is 61.2 Å². The van der Waals surface area contributed by atoms with E-state index in [1.807, 2.05) is 36.4 Å². The van der Waals surface area contributed by atoms with Crippen molar-refractivity contribution in [3.8, 4) is 11.1 Å². The molecule has 2 heterocycles. The maximum absolute atomic E-state index is 13.0. The summed E-state index contributed by atoms with van der Waals surface area (Å²) in [7, 11) is 0. The highest BCUT2D eigenvalue weighted by atomic mass is 16.5. The Morgan fingerprint density at radius 1 is 1.06 bits per heavy atom. The van der Waals surface area contributed by atoms with Crippen molar-refractivity contribution < 1.29 is 24.2 Å². The van der Waals surface area contributed by atoms with E-state index in [-0.39, 0.29) is 37.3 Å². The number of aliphatic carboxylic acids is 1. The first-order chi connectivity index (χ1) is 17.0. The molecule has 1 saturated heterocycles. The molecule has 2 aromatic carbocycles. The monoisotopic (exact) mass is 475 g/mol. The fourth-order valence-electron chi connectivity index (χ4n) is 4.74. The zero-order valence-corrected chi connectivity index (χ0v) is 18.9. The zero-order valence-electron chi connectivity index (χ0n) is 18.9. The lowest BCUT2D eigenvalue weighted by Gasteiger charge is -2.40. The van der Waals surface area contributed by atoms with Gasteiger partial charge in [0.25, 0.3) is 0 Å². The molecule has 180 valence electrons. The van der Waals surface area contributed by atoms with Crippen LogP contribution < -0.4 is 5.32 Å². The Bertz CT molecular complexity index is 1190. The SMILES string of the molecule is O=C(O)CCC(NC(=O)OCC1c2ccccc2-c2ccccc21)C(=O)N1CC(n2cncn2)C1. The number of alkyl carbamates (subject to hydrolysis) is 1. The van der Waals surface area contributed by atoms with Crippen molar-refractivity contribution in [2.45, 2.75) is 30.8 Å². The smallest absolute Gasteiger partial charge is 0.407 e. The van der Waals surface area contributed by atoms with Gasteiger partial charge in [-0.05, 0) is 28.7 Å². The highest BCUT2D eigenvalue weighted by molar-refractivity contribution is 5.87. The third-order valence-electron chi connectivity index (χ3n) is 6.57. The molecule has 2 amide bonds. The van der Waals surface area contributed by atoms with Crippen molar-refractivity contribution in [2.24, 2.45) is 0 Å². The number of aromatic nitrogens is 3. The normalized spacial score (nSPS) is 15.6. The van der Waals surface area contributed by atoms with E-state index in [4.69, 9.17) is 9.84 Å². The molecular weight excluding hydrogens is 450 g/mol. The Labute approximate surface area is 201 Å². The summed E-state index contributed by atoms with van der Waals surface area (Å²) in [5, 5.41) is 15.8. The van der Waals surface area contributed by atoms with E-state index in [9.17, 15) is 14.4 Å². The topological polar surface area (TPSA) is 127 Å². The van der Waals surface area contributed by atoms with E-state index >= 15 is 0 Å². The van der Waals surface area contributed by atoms with Crippen LogP contribution >= 0.6 is 0 Å². The first-order valence-electron chi connectivity index (χ1n) is 11.5. The minimum atomic E-state index is -1.04. The number of fused-ring (bicyclic) bond motifs is 3. The minimum Gasteiger partial charge on any atom is -0.481 e. The molecule has 0 bridgehead atoms. The van der Waals surface area contributed by atoms with Gasteiger partial charge in [-0.3, -0.25) is 9.59 Å². The number of carboxylic acid groups (broad SMARTS) is 1. The summed E-state index contributed by atoms with van der Waals surface area (Å²) in [5.74, 6) is -1.49. The molecule has 0 saturated carbocycles. The van der Waals surface area contributed by atoms with E-state index < -0.39 is 18.1 Å². The van der Waals surface area contributed by atoms with Gasteiger partial charge in [-0.1, -0.05) is 48.5 Å². The van der Waals surface area contributed by atoms with E-state index in [1.54, 1.807) is 15.9 Å². The van der Waals surface area contributed by atoms with Crippen LogP contribution in [0.4, 0.5) is 4.79 Å². The van der Waals surface area contributed by atoms with Gasteiger partial charge in [-0.2, -0.15) is 5.10 Å². The van der Waals surface area contributed by atoms with E-state index in [0.717, 1.165) is 22.3 Å². The summed E-state index contributed by atoms with van der Waals surface area (Å²) >= 11 is 0. The Morgan fingerprint density at radius 2 is 1.71 bits per heavy atom. The van der Waals surface area contributed by atoms with Crippen LogP contribution in [-0.2, 0) is 14.3 Å². The number of ether oxygens (including phenoxy) is 1. The van der Waals surface area contributed by atoms with Gasteiger partial charge in [0, 0.05) is 25.4 Å². The van der Waals surface area contributed by atoms with Crippen LogP contribution in [0, 0.1) is 0 Å². The summed E-state index contributed by atoms with van der Waals surface area (Å²) in [4.78, 5) is 42.3. The van der Waals surface area contributed by atoms with Gasteiger partial charge in [0.1, 0.15) is 25.3 Å². The minimum absolute atomic E-state index is 0.0102. The molecule has 10 heteroatoms. The third-order valence-corrected chi connectivity index (χ3v) is 6.57. The third kappa shape index (κ3) is 4.59. The molecule has 2 aliphatic rings. The first-order valence-corrected chi connectivity index (χ1v) is 11.5. The molecule has 1 atom stereocenters. The van der Waals surface area contributed by atoms with Crippen LogP contribution in [-0.4, -0.2) is 68.5 Å². The Morgan fingerprint density at radius 3 is 2.31 bits per heavy atom. The number of amides is 2. The van der Waals surface area contributed by atoms with Crippen LogP contribution in [0.3, 0.4) is 0 Å². The lowest BCUT2D eigenvalue weighted by atomic mass is 9.98. The predicted molar refractivity (Wildman–Crippen MR) is 125 cm³/mol. The maximum Gasteiger partial charge on any atom is 0.407 e. The number of likely N-dealkylation sites (tertiary alicyclic amines) is 1. The second-order valence-electron chi connectivity index (χ2n) is 8.73. The molecule has 0 radical (unpaired) electrons. The van der Waals surface area contributed by atoms with Crippen LogP contribution in [0.1, 0.15) is 35.9 Å². The van der Waals surface area contributed by atoms with Gasteiger partial charge < -0.3 is 20.1 Å². The second-order valence-corrected chi connectivity index (χ2v) is 8.73. The molecule has 1 aromatic heterocycles. The number of nitrogens with one attached hydrogen (secondary N) is 1. The number of hydrogen-bond acceptors (Lipinski definition) is 6. The molecule has 1 aliphatic carbocycles. The molecule has 10 nitrogen and oxygen atoms in total. The predicted octanol–water partition coefficient (Wildman–Crippen LogP) is 2.43. The molecule has 3 aromatic rings. The number of carbonyl (C=O) groups excluding carboxylic acids is 2. The molecule has 2 N–H and O–H groups in total. The lowest BCUT2D eigenvalue weighted by Crippen LogP contribution is -2.57. The molecule has 1 aliphatic heterocycles. The van der Waals surface area contributed by atoms with Crippen molar-refractivity contribution in [1.29, 1.82) is 0 Å². The summed E-state index contributed by atoms with van der Waals surface area (Å²) in [6, 6.07) is 15.0. The summed E-state index contributed by atoms with van der Waals surface area (Å²) in [6.07, 6.45) is 2.00. The van der Waals surface area contributed by atoms with Gasteiger partial charge in [0.2, 0.25) is 5.91 Å². The zero-order chi connectivity index (χ0) is 24.4. The highest BCUT2D eigenvalue weighted by Gasteiger charge is 2.37. The number of nitrogens with zero attached hydrogens (tertiary/aromatic N) is 4. The number of carboxylic acids is 1. The fourth-order valence-corrected chi connectivity index (χ4v) is 4.74. The van der Waals surface area contributed by atoms with Crippen molar-refractivity contribution >= 4 is 18.0 Å². The largest absolute Gasteiger partial charge is 0.481 e. The molecule has 1 unspecified atom stereocenters. The van der Waals surface area contributed by atoms with Crippen molar-refractivity contribution in [3.05, 3.63) is 72.3 Å². The summed E-state index contributed by atoms with van der Waals surface area (Å²) in [6.45, 7) is 0.939. The Hall–Kier alpha value is -4.21. The van der Waals surface area contributed by atoms with Crippen LogP contribution in [0.5, 0.6) is 0 Å². The first kappa shape index (κ1) is 22.6. The second kappa shape index (κ2) is 9.57. The number of benzene rings is 2. The van der Waals surface area contributed by atoms with Gasteiger partial charge in [0.05, 0.1) is 6.04 Å². The number of rotatable bonds is 8. The van der Waals surface area contributed by atoms with Crippen LogP contribution in [0.25, 0.3) is 11.1 Å². The van der Waals surface area contributed by atoms with Gasteiger partial charge in [-0.15, -0.1) is 0 Å². The van der Waals surface area contributed by atoms with Gasteiger partial charge in [0.15, 0.2) is 0 Å². The van der Waals surface area contributed by atoms with E-state index in [2.05, 4.69) is 27.5 Å². The average Bonchev–Trinajstić information content (AvgIpc) is 3.46. The van der Waals surface area contributed by atoms with Gasteiger partial charge >= 0.3 is 12.1 Å². The molecule has 35 heavy (non-hydrogen) atoms. The molecule has 1 fully saturated rings. The average molecular weight is 476 g/mol. The van der Waals surface area contributed by atoms with Crippen molar-refractivity contribution in [2.75, 3.05) is 19.7 Å². The summed E-state index contributed by atoms with van der Waals surface area (Å²) in [5.41, 5.74) is 4.40. The number of hydrogen-bond donors (Lipinski definition) is 2. The van der Waals surface area contributed by atoms with E-state index in [0.29, 0.717) is 13.1 Å².